The number of hydroxylamine groups is 2. The van der Waals surface area contributed by atoms with Gasteiger partial charge in [0.1, 0.15) is 22.0 Å². The van der Waals surface area contributed by atoms with Crippen LogP contribution < -0.4 is 10.2 Å². The number of fused-ring (bicyclic) bond motifs is 1. The number of para-hydroxylation sites is 1. The smallest absolute Gasteiger partial charge is 0.351 e. The zero-order chi connectivity index (χ0) is 25.8. The lowest BCUT2D eigenvalue weighted by Crippen LogP contribution is -2.49. The number of nitrogens with zero attached hydrogens (tertiary/aromatic N) is 7. The standard InChI is InChI=1S/C26H30N8O2S/c1-31(2)36-26(35)34-15-13-33(14-16-34)18-19-11-12-27-22(17-19)29-25-28-21-9-10-23(30-24(21)37-25)32(3)20-7-5-4-6-8-20/h4-12,17H,13-16,18H2,1-3H3,(H,27,28,29). The molecule has 1 aliphatic rings. The van der Waals surface area contributed by atoms with Crippen LogP contribution in [0.25, 0.3) is 10.3 Å². The first kappa shape index (κ1) is 24.9. The molecule has 0 bridgehead atoms. The van der Waals surface area contributed by atoms with Crippen molar-refractivity contribution in [2.75, 3.05) is 57.5 Å². The van der Waals surface area contributed by atoms with E-state index in [0.717, 1.165) is 58.0 Å². The van der Waals surface area contributed by atoms with E-state index in [-0.39, 0.29) is 6.09 Å². The molecule has 10 nitrogen and oxygen atoms in total. The Balaban J connectivity index is 1.21. The highest BCUT2D eigenvalue weighted by atomic mass is 32.1. The second-order valence-electron chi connectivity index (χ2n) is 9.01. The van der Waals surface area contributed by atoms with Crippen LogP contribution in [0.2, 0.25) is 0 Å². The first-order valence-corrected chi connectivity index (χ1v) is 12.9. The highest BCUT2D eigenvalue weighted by molar-refractivity contribution is 7.21. The normalized spacial score (nSPS) is 14.2. The largest absolute Gasteiger partial charge is 0.429 e. The predicted molar refractivity (Wildman–Crippen MR) is 146 cm³/mol. The Morgan fingerprint density at radius 3 is 2.57 bits per heavy atom. The zero-order valence-corrected chi connectivity index (χ0v) is 22.0. The minimum Gasteiger partial charge on any atom is -0.351 e. The van der Waals surface area contributed by atoms with Crippen LogP contribution in [0.5, 0.6) is 0 Å². The summed E-state index contributed by atoms with van der Waals surface area (Å²) in [7, 11) is 5.42. The van der Waals surface area contributed by atoms with E-state index in [1.807, 2.05) is 49.5 Å². The van der Waals surface area contributed by atoms with Crippen molar-refractivity contribution in [1.29, 1.82) is 0 Å². The molecule has 37 heavy (non-hydrogen) atoms. The van der Waals surface area contributed by atoms with Crippen LogP contribution in [-0.2, 0) is 11.4 Å². The molecule has 1 amide bonds. The molecular weight excluding hydrogens is 488 g/mol. The summed E-state index contributed by atoms with van der Waals surface area (Å²) in [5.74, 6) is 1.61. The van der Waals surface area contributed by atoms with Gasteiger partial charge in [-0.25, -0.2) is 19.7 Å². The molecule has 0 aliphatic carbocycles. The number of thiazole rings is 1. The second kappa shape index (κ2) is 11.1. The third-order valence-electron chi connectivity index (χ3n) is 6.08. The Bertz CT molecular complexity index is 1360. The molecule has 1 N–H and O–H groups in total. The summed E-state index contributed by atoms with van der Waals surface area (Å²) in [6, 6.07) is 18.2. The SMILES string of the molecule is CN(C)OC(=O)N1CCN(Cc2ccnc(Nc3nc4ccc(N(C)c5ccccc5)nc4s3)c2)CC1. The maximum absolute atomic E-state index is 12.1. The minimum absolute atomic E-state index is 0.302. The van der Waals surface area contributed by atoms with Gasteiger partial charge in [0.05, 0.1) is 0 Å². The molecule has 3 aromatic heterocycles. The van der Waals surface area contributed by atoms with Crippen LogP contribution in [-0.4, -0.2) is 83.2 Å². The van der Waals surface area contributed by atoms with Gasteiger partial charge in [0.25, 0.3) is 0 Å². The number of rotatable bonds is 7. The van der Waals surface area contributed by atoms with Gasteiger partial charge in [-0.1, -0.05) is 29.5 Å². The lowest BCUT2D eigenvalue weighted by Gasteiger charge is -2.34. The summed E-state index contributed by atoms with van der Waals surface area (Å²) < 4.78 is 0. The molecule has 0 spiro atoms. The number of amides is 1. The van der Waals surface area contributed by atoms with Gasteiger partial charge >= 0.3 is 6.09 Å². The molecule has 0 unspecified atom stereocenters. The van der Waals surface area contributed by atoms with E-state index in [9.17, 15) is 4.79 Å². The third-order valence-corrected chi connectivity index (χ3v) is 6.97. The van der Waals surface area contributed by atoms with Crippen molar-refractivity contribution in [3.05, 3.63) is 66.4 Å². The molecule has 0 saturated carbocycles. The summed E-state index contributed by atoms with van der Waals surface area (Å²) in [5.41, 5.74) is 3.07. The van der Waals surface area contributed by atoms with Crippen LogP contribution in [0.3, 0.4) is 0 Å². The molecule has 5 rings (SSSR count). The molecule has 11 heteroatoms. The van der Waals surface area contributed by atoms with Crippen molar-refractivity contribution in [3.63, 3.8) is 0 Å². The maximum atomic E-state index is 12.1. The first-order valence-electron chi connectivity index (χ1n) is 12.1. The van der Waals surface area contributed by atoms with Gasteiger partial charge in [0, 0.05) is 65.8 Å². The number of anilines is 4. The van der Waals surface area contributed by atoms with Crippen molar-refractivity contribution in [1.82, 2.24) is 29.8 Å². The Labute approximate surface area is 220 Å². The molecule has 1 saturated heterocycles. The number of hydrogen-bond acceptors (Lipinski definition) is 10. The highest BCUT2D eigenvalue weighted by Gasteiger charge is 2.23. The summed E-state index contributed by atoms with van der Waals surface area (Å²) in [6.45, 7) is 3.64. The Hall–Kier alpha value is -3.80. The number of nitrogens with one attached hydrogen (secondary N) is 1. The lowest BCUT2D eigenvalue weighted by atomic mass is 10.2. The molecule has 1 aliphatic heterocycles. The van der Waals surface area contributed by atoms with E-state index >= 15 is 0 Å². The average molecular weight is 519 g/mol. The molecule has 1 aromatic carbocycles. The van der Waals surface area contributed by atoms with Crippen LogP contribution in [0, 0.1) is 0 Å². The third kappa shape index (κ3) is 6.13. The van der Waals surface area contributed by atoms with E-state index in [2.05, 4.69) is 32.2 Å². The molecule has 192 valence electrons. The van der Waals surface area contributed by atoms with Gasteiger partial charge in [-0.2, -0.15) is 0 Å². The molecule has 4 heterocycles. The molecule has 4 aromatic rings. The second-order valence-corrected chi connectivity index (χ2v) is 9.99. The van der Waals surface area contributed by atoms with Gasteiger partial charge in [0.15, 0.2) is 5.13 Å². The Morgan fingerprint density at radius 2 is 1.81 bits per heavy atom. The number of carbonyl (C=O) groups excluding carboxylic acids is 1. The fraction of sp³-hybridized carbons (Fsp3) is 0.308. The van der Waals surface area contributed by atoms with E-state index in [4.69, 9.17) is 14.8 Å². The number of aromatic nitrogens is 3. The molecule has 0 atom stereocenters. The van der Waals surface area contributed by atoms with Crippen LogP contribution in [0.1, 0.15) is 5.56 Å². The summed E-state index contributed by atoms with van der Waals surface area (Å²) >= 11 is 1.50. The van der Waals surface area contributed by atoms with Gasteiger partial charge in [-0.3, -0.25) is 4.90 Å². The van der Waals surface area contributed by atoms with Crippen molar-refractivity contribution in [3.8, 4) is 0 Å². The van der Waals surface area contributed by atoms with Crippen molar-refractivity contribution in [2.45, 2.75) is 6.54 Å². The highest BCUT2D eigenvalue weighted by Crippen LogP contribution is 2.30. The fourth-order valence-corrected chi connectivity index (χ4v) is 4.98. The topological polar surface area (TPSA) is 90.0 Å². The Kier molecular flexibility index (Phi) is 7.45. The fourth-order valence-electron chi connectivity index (χ4n) is 4.14. The summed E-state index contributed by atoms with van der Waals surface area (Å²) in [6.07, 6.45) is 1.50. The average Bonchev–Trinajstić information content (AvgIpc) is 3.30. The lowest BCUT2D eigenvalue weighted by molar-refractivity contribution is -0.0752. The van der Waals surface area contributed by atoms with E-state index in [1.165, 1.54) is 16.4 Å². The van der Waals surface area contributed by atoms with Crippen LogP contribution >= 0.6 is 11.3 Å². The number of piperazine rings is 1. The quantitative estimate of drug-likeness (QED) is 0.359. The summed E-state index contributed by atoms with van der Waals surface area (Å²) in [5, 5.41) is 5.51. The van der Waals surface area contributed by atoms with Crippen LogP contribution in [0.15, 0.2) is 60.8 Å². The molecule has 0 radical (unpaired) electrons. The molecule has 1 fully saturated rings. The van der Waals surface area contributed by atoms with Crippen molar-refractivity contribution in [2.24, 2.45) is 0 Å². The van der Waals surface area contributed by atoms with E-state index < -0.39 is 0 Å². The van der Waals surface area contributed by atoms with Crippen molar-refractivity contribution >= 4 is 50.2 Å². The summed E-state index contributed by atoms with van der Waals surface area (Å²) in [4.78, 5) is 38.2. The maximum Gasteiger partial charge on any atom is 0.429 e. The van der Waals surface area contributed by atoms with Gasteiger partial charge in [0.2, 0.25) is 0 Å². The van der Waals surface area contributed by atoms with Gasteiger partial charge in [-0.05, 0) is 42.0 Å². The van der Waals surface area contributed by atoms with Crippen molar-refractivity contribution < 1.29 is 9.63 Å². The van der Waals surface area contributed by atoms with Gasteiger partial charge < -0.3 is 20.0 Å². The zero-order valence-electron chi connectivity index (χ0n) is 21.2. The van der Waals surface area contributed by atoms with Crippen LogP contribution in [0.4, 0.5) is 27.2 Å². The van der Waals surface area contributed by atoms with E-state index in [0.29, 0.717) is 13.1 Å². The Morgan fingerprint density at radius 1 is 1.03 bits per heavy atom. The van der Waals surface area contributed by atoms with E-state index in [1.54, 1.807) is 25.2 Å². The number of hydrogen-bond donors (Lipinski definition) is 1. The number of benzene rings is 1. The predicted octanol–water partition coefficient (Wildman–Crippen LogP) is 4.33. The molecular formula is C26H30N8O2S. The minimum atomic E-state index is -0.302. The monoisotopic (exact) mass is 518 g/mol. The number of pyridine rings is 2. The first-order chi connectivity index (χ1) is 17.9. The van der Waals surface area contributed by atoms with Gasteiger partial charge in [-0.15, -0.1) is 5.06 Å². The number of carbonyl (C=O) groups is 1.